The lowest BCUT2D eigenvalue weighted by molar-refractivity contribution is -0.241. The van der Waals surface area contributed by atoms with E-state index in [4.69, 9.17) is 9.78 Å². The number of hydrogen-bond acceptors (Lipinski definition) is 3. The highest BCUT2D eigenvalue weighted by molar-refractivity contribution is 5.88. The van der Waals surface area contributed by atoms with Gasteiger partial charge in [-0.1, -0.05) is 70.9 Å². The molecule has 0 unspecified atom stereocenters. The summed E-state index contributed by atoms with van der Waals surface area (Å²) < 4.78 is 0. The number of rotatable bonds is 13. The third-order valence-corrected chi connectivity index (χ3v) is 3.97. The zero-order valence-electron chi connectivity index (χ0n) is 14.8. The lowest BCUT2D eigenvalue weighted by atomic mass is 10.0. The summed E-state index contributed by atoms with van der Waals surface area (Å²) in [6.45, 7) is 4.88. The van der Waals surface area contributed by atoms with Gasteiger partial charge in [-0.3, -0.25) is 4.89 Å². The van der Waals surface area contributed by atoms with Crippen molar-refractivity contribution in [2.45, 2.75) is 78.1 Å². The Labute approximate surface area is 141 Å². The molecular formula is C20H32O3. The predicted molar refractivity (Wildman–Crippen MR) is 94.4 cm³/mol. The van der Waals surface area contributed by atoms with Crippen molar-refractivity contribution in [2.75, 3.05) is 6.61 Å². The fourth-order valence-corrected chi connectivity index (χ4v) is 2.47. The molecule has 1 aromatic rings. The lowest BCUT2D eigenvalue weighted by Gasteiger charge is -2.05. The van der Waals surface area contributed by atoms with E-state index < -0.39 is 5.97 Å². The summed E-state index contributed by atoms with van der Waals surface area (Å²) in [7, 11) is 0. The van der Waals surface area contributed by atoms with Gasteiger partial charge in [-0.25, -0.2) is 4.79 Å². The van der Waals surface area contributed by atoms with E-state index in [-0.39, 0.29) is 0 Å². The Bertz CT molecular complexity index is 411. The second-order valence-electron chi connectivity index (χ2n) is 6.11. The molecule has 0 bridgehead atoms. The van der Waals surface area contributed by atoms with Crippen LogP contribution in [0.5, 0.6) is 0 Å². The highest BCUT2D eigenvalue weighted by Gasteiger charge is 2.08. The SMILES string of the molecule is CCCCCCCOOC(=O)c1ccc(CCCCCC)cc1. The van der Waals surface area contributed by atoms with E-state index in [1.165, 1.54) is 50.5 Å². The molecule has 1 rings (SSSR count). The quantitative estimate of drug-likeness (QED) is 0.259. The van der Waals surface area contributed by atoms with E-state index in [2.05, 4.69) is 13.8 Å². The molecule has 0 spiro atoms. The summed E-state index contributed by atoms with van der Waals surface area (Å²) in [6.07, 6.45) is 11.9. The van der Waals surface area contributed by atoms with Crippen molar-refractivity contribution < 1.29 is 14.6 Å². The molecule has 130 valence electrons. The largest absolute Gasteiger partial charge is 0.373 e. The van der Waals surface area contributed by atoms with Crippen molar-refractivity contribution in [3.05, 3.63) is 35.4 Å². The molecule has 0 aliphatic heterocycles. The summed E-state index contributed by atoms with van der Waals surface area (Å²) >= 11 is 0. The maximum atomic E-state index is 11.8. The maximum absolute atomic E-state index is 11.8. The molecular weight excluding hydrogens is 288 g/mol. The molecule has 0 radical (unpaired) electrons. The zero-order valence-corrected chi connectivity index (χ0v) is 14.8. The predicted octanol–water partition coefficient (Wildman–Crippen LogP) is 5.87. The molecule has 0 aromatic heterocycles. The van der Waals surface area contributed by atoms with E-state index in [1.54, 1.807) is 0 Å². The Morgan fingerprint density at radius 1 is 0.826 bits per heavy atom. The van der Waals surface area contributed by atoms with Gasteiger partial charge in [0.1, 0.15) is 0 Å². The second-order valence-corrected chi connectivity index (χ2v) is 6.11. The summed E-state index contributed by atoms with van der Waals surface area (Å²) in [4.78, 5) is 21.7. The number of unbranched alkanes of at least 4 members (excludes halogenated alkanes) is 7. The van der Waals surface area contributed by atoms with E-state index in [1.807, 2.05) is 24.3 Å². The van der Waals surface area contributed by atoms with Gasteiger partial charge >= 0.3 is 5.97 Å². The molecule has 0 N–H and O–H groups in total. The van der Waals surface area contributed by atoms with Crippen LogP contribution in [0.3, 0.4) is 0 Å². The Hall–Kier alpha value is -1.35. The van der Waals surface area contributed by atoms with E-state index >= 15 is 0 Å². The van der Waals surface area contributed by atoms with E-state index in [0.29, 0.717) is 12.2 Å². The smallest absolute Gasteiger partial charge is 0.293 e. The van der Waals surface area contributed by atoms with Crippen molar-refractivity contribution in [3.8, 4) is 0 Å². The number of benzene rings is 1. The number of hydrogen-bond donors (Lipinski definition) is 0. The van der Waals surface area contributed by atoms with Crippen LogP contribution in [0.2, 0.25) is 0 Å². The minimum atomic E-state index is -0.406. The highest BCUT2D eigenvalue weighted by atomic mass is 17.2. The first-order chi connectivity index (χ1) is 11.3. The van der Waals surface area contributed by atoms with Gasteiger partial charge in [-0.15, -0.1) is 0 Å². The molecule has 0 amide bonds. The minimum absolute atomic E-state index is 0.406. The molecule has 0 saturated carbocycles. The van der Waals surface area contributed by atoms with Crippen molar-refractivity contribution in [1.82, 2.24) is 0 Å². The van der Waals surface area contributed by atoms with Crippen molar-refractivity contribution in [2.24, 2.45) is 0 Å². The first-order valence-corrected chi connectivity index (χ1v) is 9.20. The fourth-order valence-electron chi connectivity index (χ4n) is 2.47. The summed E-state index contributed by atoms with van der Waals surface area (Å²) in [5.41, 5.74) is 1.82. The Morgan fingerprint density at radius 3 is 2.09 bits per heavy atom. The average Bonchev–Trinajstić information content (AvgIpc) is 2.58. The summed E-state index contributed by atoms with van der Waals surface area (Å²) in [5, 5.41) is 0. The van der Waals surface area contributed by atoms with Crippen LogP contribution in [-0.2, 0) is 16.2 Å². The van der Waals surface area contributed by atoms with Crippen molar-refractivity contribution in [3.63, 3.8) is 0 Å². The Morgan fingerprint density at radius 2 is 1.43 bits per heavy atom. The summed E-state index contributed by atoms with van der Waals surface area (Å²) in [6, 6.07) is 7.66. The maximum Gasteiger partial charge on any atom is 0.373 e. The van der Waals surface area contributed by atoms with Gasteiger partial charge in [0.2, 0.25) is 0 Å². The average molecular weight is 320 g/mol. The van der Waals surface area contributed by atoms with Gasteiger partial charge < -0.3 is 0 Å². The number of carbonyl (C=O) groups is 1. The van der Waals surface area contributed by atoms with Crippen LogP contribution in [0.4, 0.5) is 0 Å². The zero-order chi connectivity index (χ0) is 16.8. The monoisotopic (exact) mass is 320 g/mol. The van der Waals surface area contributed by atoms with Crippen LogP contribution in [0.25, 0.3) is 0 Å². The van der Waals surface area contributed by atoms with Gasteiger partial charge in [0, 0.05) is 0 Å². The van der Waals surface area contributed by atoms with Crippen LogP contribution in [0.1, 0.15) is 87.6 Å². The van der Waals surface area contributed by atoms with Crippen LogP contribution in [0, 0.1) is 0 Å². The highest BCUT2D eigenvalue weighted by Crippen LogP contribution is 2.11. The van der Waals surface area contributed by atoms with Crippen LogP contribution >= 0.6 is 0 Å². The van der Waals surface area contributed by atoms with E-state index in [0.717, 1.165) is 19.3 Å². The third-order valence-electron chi connectivity index (χ3n) is 3.97. The topological polar surface area (TPSA) is 35.5 Å². The third kappa shape index (κ3) is 9.39. The Balaban J connectivity index is 2.18. The lowest BCUT2D eigenvalue weighted by Crippen LogP contribution is -2.07. The molecule has 0 atom stereocenters. The molecule has 3 heteroatoms. The number of carbonyl (C=O) groups excluding carboxylic acids is 1. The number of aryl methyl sites for hydroxylation is 1. The van der Waals surface area contributed by atoms with Gasteiger partial charge in [0.15, 0.2) is 0 Å². The summed E-state index contributed by atoms with van der Waals surface area (Å²) in [5.74, 6) is -0.406. The van der Waals surface area contributed by atoms with E-state index in [9.17, 15) is 4.79 Å². The Kier molecular flexibility index (Phi) is 11.2. The standard InChI is InChI=1S/C20H32O3/c1-3-5-7-9-11-17-22-23-20(21)19-15-13-18(14-16-19)12-10-8-6-4-2/h13-16H,3-12,17H2,1-2H3. The second kappa shape index (κ2) is 13.1. The van der Waals surface area contributed by atoms with Gasteiger partial charge in [0.25, 0.3) is 0 Å². The molecule has 0 aliphatic rings. The van der Waals surface area contributed by atoms with Gasteiger partial charge in [0.05, 0.1) is 12.2 Å². The van der Waals surface area contributed by atoms with Crippen LogP contribution < -0.4 is 0 Å². The molecule has 0 saturated heterocycles. The molecule has 0 heterocycles. The van der Waals surface area contributed by atoms with Crippen molar-refractivity contribution >= 4 is 5.97 Å². The normalized spacial score (nSPS) is 10.7. The van der Waals surface area contributed by atoms with Crippen LogP contribution in [-0.4, -0.2) is 12.6 Å². The molecule has 0 fully saturated rings. The van der Waals surface area contributed by atoms with Gasteiger partial charge in [-0.05, 0) is 37.0 Å². The molecule has 3 nitrogen and oxygen atoms in total. The van der Waals surface area contributed by atoms with Crippen LogP contribution in [0.15, 0.2) is 24.3 Å². The fraction of sp³-hybridized carbons (Fsp3) is 0.650. The minimum Gasteiger partial charge on any atom is -0.293 e. The first-order valence-electron chi connectivity index (χ1n) is 9.20. The molecule has 0 aliphatic carbocycles. The van der Waals surface area contributed by atoms with Crippen molar-refractivity contribution in [1.29, 1.82) is 0 Å². The first kappa shape index (κ1) is 19.7. The van der Waals surface area contributed by atoms with Gasteiger partial charge in [-0.2, -0.15) is 4.89 Å². The molecule has 1 aromatic carbocycles. The molecule has 23 heavy (non-hydrogen) atoms.